The molecule has 2 aromatic carbocycles. The number of ether oxygens (including phenoxy) is 2. The molecule has 0 bridgehead atoms. The summed E-state index contributed by atoms with van der Waals surface area (Å²) in [5.74, 6) is -0.121. The van der Waals surface area contributed by atoms with Crippen LogP contribution in [0.4, 0.5) is 5.69 Å². The Labute approximate surface area is 152 Å². The first-order valence-electron chi connectivity index (χ1n) is 8.04. The predicted molar refractivity (Wildman–Crippen MR) is 99.6 cm³/mol. The number of benzene rings is 2. The monoisotopic (exact) mass is 357 g/mol. The number of methoxy groups -OCH3 is 1. The van der Waals surface area contributed by atoms with Crippen molar-refractivity contribution in [3.05, 3.63) is 53.6 Å². The lowest BCUT2D eigenvalue weighted by Gasteiger charge is -2.14. The van der Waals surface area contributed by atoms with Gasteiger partial charge in [-0.15, -0.1) is 0 Å². The van der Waals surface area contributed by atoms with Crippen LogP contribution in [0.5, 0.6) is 11.5 Å². The lowest BCUT2D eigenvalue weighted by Crippen LogP contribution is -2.23. The molecular weight excluding hydrogens is 334 g/mol. The minimum atomic E-state index is -0.589. The third-order valence-electron chi connectivity index (χ3n) is 3.68. The number of nitrogens with two attached hydrogens (primary N) is 1. The zero-order chi connectivity index (χ0) is 19.1. The molecule has 0 heterocycles. The molecule has 0 unspecified atom stereocenters. The molecule has 0 aromatic heterocycles. The molecule has 0 aliphatic carbocycles. The first kappa shape index (κ1) is 19.1. The molecule has 0 saturated heterocycles. The van der Waals surface area contributed by atoms with Crippen molar-refractivity contribution < 1.29 is 19.1 Å². The highest BCUT2D eigenvalue weighted by molar-refractivity contribution is 5.94. The Hall–Kier alpha value is -3.22. The first-order valence-corrected chi connectivity index (χ1v) is 8.04. The Morgan fingerprint density at radius 2 is 1.88 bits per heavy atom. The van der Waals surface area contributed by atoms with Gasteiger partial charge in [0.05, 0.1) is 7.11 Å². The summed E-state index contributed by atoms with van der Waals surface area (Å²) in [6.45, 7) is 0.146. The van der Waals surface area contributed by atoms with Crippen LogP contribution in [0.25, 0.3) is 0 Å². The molecule has 0 radical (unpaired) electrons. The molecule has 3 N–H and O–H groups in total. The molecule has 0 fully saturated rings. The summed E-state index contributed by atoms with van der Waals surface area (Å²) in [4.78, 5) is 25.2. The van der Waals surface area contributed by atoms with E-state index in [-0.39, 0.29) is 12.5 Å². The van der Waals surface area contributed by atoms with Gasteiger partial charge in [-0.2, -0.15) is 0 Å². The minimum Gasteiger partial charge on any atom is -0.493 e. The molecule has 0 aliphatic rings. The molecule has 0 atom stereocenters. The summed E-state index contributed by atoms with van der Waals surface area (Å²) in [6.07, 6.45) is 0. The maximum atomic E-state index is 12.4. The largest absolute Gasteiger partial charge is 0.493 e. The van der Waals surface area contributed by atoms with E-state index in [9.17, 15) is 9.59 Å². The van der Waals surface area contributed by atoms with Crippen LogP contribution in [0.15, 0.2) is 42.5 Å². The number of primary amides is 1. The number of carbonyl (C=O) groups excluding carboxylic acids is 2. The van der Waals surface area contributed by atoms with Crippen molar-refractivity contribution in [1.82, 2.24) is 5.32 Å². The summed E-state index contributed by atoms with van der Waals surface area (Å²) in [6, 6.07) is 12.7. The molecule has 0 spiro atoms. The average Bonchev–Trinajstić information content (AvgIpc) is 2.64. The van der Waals surface area contributed by atoms with Gasteiger partial charge in [0.25, 0.3) is 11.8 Å². The van der Waals surface area contributed by atoms with Crippen LogP contribution < -0.4 is 25.4 Å². The topological polar surface area (TPSA) is 93.9 Å². The molecule has 138 valence electrons. The second-order valence-corrected chi connectivity index (χ2v) is 5.87. The Balaban J connectivity index is 2.05. The van der Waals surface area contributed by atoms with Gasteiger partial charge in [0.15, 0.2) is 18.1 Å². The fourth-order valence-corrected chi connectivity index (χ4v) is 2.31. The van der Waals surface area contributed by atoms with Gasteiger partial charge >= 0.3 is 0 Å². The molecule has 7 heteroatoms. The summed E-state index contributed by atoms with van der Waals surface area (Å²) in [5.41, 5.74) is 7.55. The van der Waals surface area contributed by atoms with E-state index in [1.54, 1.807) is 18.2 Å². The Morgan fingerprint density at radius 1 is 1.12 bits per heavy atom. The van der Waals surface area contributed by atoms with Gasteiger partial charge in [-0.05, 0) is 35.9 Å². The molecule has 0 saturated carbocycles. The summed E-state index contributed by atoms with van der Waals surface area (Å²) in [7, 11) is 5.39. The summed E-state index contributed by atoms with van der Waals surface area (Å²) in [5, 5.41) is 2.87. The third-order valence-corrected chi connectivity index (χ3v) is 3.68. The van der Waals surface area contributed by atoms with Crippen molar-refractivity contribution in [2.24, 2.45) is 5.73 Å². The maximum Gasteiger partial charge on any atom is 0.255 e. The van der Waals surface area contributed by atoms with Gasteiger partial charge in [0, 0.05) is 31.9 Å². The number of hydrogen-bond donors (Lipinski definition) is 2. The molecular formula is C19H23N3O4. The minimum absolute atomic E-state index is 0.236. The van der Waals surface area contributed by atoms with E-state index in [4.69, 9.17) is 15.2 Å². The second-order valence-electron chi connectivity index (χ2n) is 5.87. The van der Waals surface area contributed by atoms with Crippen LogP contribution >= 0.6 is 0 Å². The van der Waals surface area contributed by atoms with Crippen LogP contribution in [-0.4, -0.2) is 39.6 Å². The zero-order valence-electron chi connectivity index (χ0n) is 15.1. The molecule has 7 nitrogen and oxygen atoms in total. The van der Waals surface area contributed by atoms with E-state index in [0.717, 1.165) is 11.3 Å². The van der Waals surface area contributed by atoms with Crippen molar-refractivity contribution in [2.45, 2.75) is 6.54 Å². The van der Waals surface area contributed by atoms with Gasteiger partial charge in [-0.25, -0.2) is 0 Å². The maximum absolute atomic E-state index is 12.4. The highest BCUT2D eigenvalue weighted by Gasteiger charge is 2.12. The number of carbonyl (C=O) groups is 2. The van der Waals surface area contributed by atoms with E-state index in [1.807, 2.05) is 43.3 Å². The fourth-order valence-electron chi connectivity index (χ4n) is 2.31. The highest BCUT2D eigenvalue weighted by atomic mass is 16.5. The van der Waals surface area contributed by atoms with Gasteiger partial charge in [-0.3, -0.25) is 9.59 Å². The number of anilines is 1. The number of nitrogens with zero attached hydrogens (tertiary/aromatic N) is 1. The van der Waals surface area contributed by atoms with Crippen LogP contribution in [0.2, 0.25) is 0 Å². The molecule has 0 aliphatic heterocycles. The van der Waals surface area contributed by atoms with Gasteiger partial charge in [0.2, 0.25) is 0 Å². The fraction of sp³-hybridized carbons (Fsp3) is 0.263. The van der Waals surface area contributed by atoms with E-state index >= 15 is 0 Å². The number of amides is 2. The Morgan fingerprint density at radius 3 is 2.54 bits per heavy atom. The van der Waals surface area contributed by atoms with Gasteiger partial charge in [0.1, 0.15) is 0 Å². The predicted octanol–water partition coefficient (Wildman–Crippen LogP) is 1.56. The lowest BCUT2D eigenvalue weighted by molar-refractivity contribution is -0.119. The molecule has 2 aromatic rings. The van der Waals surface area contributed by atoms with Crippen molar-refractivity contribution >= 4 is 17.5 Å². The SMILES string of the molecule is COc1cc(C(=O)NCc2cccc(N(C)C)c2)ccc1OCC(N)=O. The normalized spacial score (nSPS) is 10.1. The second kappa shape index (κ2) is 8.75. The standard InChI is InChI=1S/C19H23N3O4/c1-22(2)15-6-4-5-13(9-15)11-21-19(24)14-7-8-16(17(10-14)25-3)26-12-18(20)23/h4-10H,11-12H2,1-3H3,(H2,20,23)(H,21,24). The summed E-state index contributed by atoms with van der Waals surface area (Å²) >= 11 is 0. The quantitative estimate of drug-likeness (QED) is 0.748. The summed E-state index contributed by atoms with van der Waals surface area (Å²) < 4.78 is 10.5. The van der Waals surface area contributed by atoms with Crippen molar-refractivity contribution in [1.29, 1.82) is 0 Å². The van der Waals surface area contributed by atoms with Crippen LogP contribution in [-0.2, 0) is 11.3 Å². The highest BCUT2D eigenvalue weighted by Crippen LogP contribution is 2.28. The van der Waals surface area contributed by atoms with Crippen LogP contribution in [0.1, 0.15) is 15.9 Å². The molecule has 2 rings (SSSR count). The smallest absolute Gasteiger partial charge is 0.255 e. The van der Waals surface area contributed by atoms with Crippen LogP contribution in [0.3, 0.4) is 0 Å². The molecule has 26 heavy (non-hydrogen) atoms. The number of nitrogens with one attached hydrogen (secondary N) is 1. The Bertz CT molecular complexity index is 790. The Kier molecular flexibility index (Phi) is 6.43. The van der Waals surface area contributed by atoms with Crippen LogP contribution in [0, 0.1) is 0 Å². The van der Waals surface area contributed by atoms with Crippen molar-refractivity contribution in [2.75, 3.05) is 32.7 Å². The third kappa shape index (κ3) is 5.14. The zero-order valence-corrected chi connectivity index (χ0v) is 15.1. The van der Waals surface area contributed by atoms with E-state index in [0.29, 0.717) is 23.6 Å². The first-order chi connectivity index (χ1) is 12.4. The number of rotatable bonds is 8. The van der Waals surface area contributed by atoms with E-state index < -0.39 is 5.91 Å². The van der Waals surface area contributed by atoms with Crippen molar-refractivity contribution in [3.63, 3.8) is 0 Å². The number of hydrogen-bond acceptors (Lipinski definition) is 5. The van der Waals surface area contributed by atoms with Gasteiger partial charge in [-0.1, -0.05) is 12.1 Å². The lowest BCUT2D eigenvalue weighted by atomic mass is 10.1. The van der Waals surface area contributed by atoms with E-state index in [2.05, 4.69) is 5.32 Å². The van der Waals surface area contributed by atoms with E-state index in [1.165, 1.54) is 7.11 Å². The van der Waals surface area contributed by atoms with Gasteiger partial charge < -0.3 is 25.4 Å². The van der Waals surface area contributed by atoms with Crippen molar-refractivity contribution in [3.8, 4) is 11.5 Å². The molecule has 2 amide bonds. The average molecular weight is 357 g/mol.